The van der Waals surface area contributed by atoms with Crippen LogP contribution in [0, 0.1) is 0 Å². The molecule has 4 rings (SSSR count). The Bertz CT molecular complexity index is 1030. The van der Waals surface area contributed by atoms with Crippen LogP contribution in [-0.2, 0) is 11.1 Å². The first-order chi connectivity index (χ1) is 12.9. The molecule has 0 atom stereocenters. The van der Waals surface area contributed by atoms with Gasteiger partial charge in [-0.05, 0) is 22.4 Å². The van der Waals surface area contributed by atoms with E-state index in [4.69, 9.17) is 9.79 Å². The summed E-state index contributed by atoms with van der Waals surface area (Å²) in [6, 6.07) is 29.9. The molecule has 0 heterocycles. The number of hydrogen-bond donors (Lipinski definition) is 3. The average molecular weight is 379 g/mol. The SMILES string of the molecule is CP(=O)(O)O.c1ccc(CNc2c3ccccc3cc3ccccc23)cc1. The van der Waals surface area contributed by atoms with Crippen LogP contribution in [0.4, 0.5) is 5.69 Å². The van der Waals surface area contributed by atoms with Gasteiger partial charge in [-0.15, -0.1) is 0 Å². The van der Waals surface area contributed by atoms with E-state index < -0.39 is 7.60 Å². The Balaban J connectivity index is 0.000000376. The Labute approximate surface area is 158 Å². The molecular formula is C22H22NO3P. The third-order valence-corrected chi connectivity index (χ3v) is 4.08. The van der Waals surface area contributed by atoms with Crippen LogP contribution in [0.3, 0.4) is 0 Å². The number of benzene rings is 4. The smallest absolute Gasteiger partial charge is 0.322 e. The molecule has 0 spiro atoms. The van der Waals surface area contributed by atoms with E-state index in [0.717, 1.165) is 13.2 Å². The second-order valence-electron chi connectivity index (χ2n) is 6.37. The van der Waals surface area contributed by atoms with Crippen LogP contribution in [0.25, 0.3) is 21.5 Å². The van der Waals surface area contributed by atoms with Gasteiger partial charge in [0.1, 0.15) is 0 Å². The van der Waals surface area contributed by atoms with E-state index in [9.17, 15) is 4.57 Å². The zero-order valence-electron chi connectivity index (χ0n) is 15.0. The molecule has 0 aliphatic heterocycles. The fourth-order valence-corrected chi connectivity index (χ4v) is 2.99. The first kappa shape index (κ1) is 19.1. The fourth-order valence-electron chi connectivity index (χ4n) is 2.99. The van der Waals surface area contributed by atoms with Gasteiger partial charge in [0.05, 0.1) is 5.69 Å². The number of nitrogens with one attached hydrogen (secondary N) is 1. The van der Waals surface area contributed by atoms with E-state index in [1.807, 2.05) is 0 Å². The molecule has 4 aromatic rings. The zero-order valence-corrected chi connectivity index (χ0v) is 15.9. The third kappa shape index (κ3) is 5.41. The van der Waals surface area contributed by atoms with Crippen molar-refractivity contribution < 1.29 is 14.4 Å². The second kappa shape index (κ2) is 8.36. The lowest BCUT2D eigenvalue weighted by molar-refractivity contribution is 0.381. The number of fused-ring (bicyclic) bond motifs is 2. The van der Waals surface area contributed by atoms with E-state index in [-0.39, 0.29) is 0 Å². The summed E-state index contributed by atoms with van der Waals surface area (Å²) in [5, 5.41) is 8.75. The molecule has 4 nitrogen and oxygen atoms in total. The Morgan fingerprint density at radius 2 is 1.22 bits per heavy atom. The molecule has 0 aromatic heterocycles. The summed E-state index contributed by atoms with van der Waals surface area (Å²) in [6.45, 7) is 1.69. The molecule has 0 bridgehead atoms. The Hall–Kier alpha value is -2.65. The molecule has 5 heteroatoms. The van der Waals surface area contributed by atoms with E-state index in [1.54, 1.807) is 0 Å². The lowest BCUT2D eigenvalue weighted by atomic mass is 10.0. The zero-order chi connectivity index (χ0) is 19.3. The van der Waals surface area contributed by atoms with E-state index >= 15 is 0 Å². The van der Waals surface area contributed by atoms with Crippen molar-refractivity contribution in [1.82, 2.24) is 0 Å². The van der Waals surface area contributed by atoms with Crippen LogP contribution < -0.4 is 5.32 Å². The van der Waals surface area contributed by atoms with E-state index in [0.29, 0.717) is 0 Å². The maximum Gasteiger partial charge on any atom is 0.322 e. The lowest BCUT2D eigenvalue weighted by Gasteiger charge is -2.14. The minimum Gasteiger partial charge on any atom is -0.380 e. The highest BCUT2D eigenvalue weighted by Gasteiger charge is 2.06. The van der Waals surface area contributed by atoms with Crippen LogP contribution >= 0.6 is 7.60 Å². The lowest BCUT2D eigenvalue weighted by Crippen LogP contribution is -2.00. The van der Waals surface area contributed by atoms with Crippen LogP contribution in [0.1, 0.15) is 5.56 Å². The molecule has 0 aliphatic rings. The summed E-state index contributed by atoms with van der Waals surface area (Å²) in [6.07, 6.45) is 0. The second-order valence-corrected chi connectivity index (χ2v) is 8.04. The van der Waals surface area contributed by atoms with Crippen molar-refractivity contribution in [3.63, 3.8) is 0 Å². The topological polar surface area (TPSA) is 69.6 Å². The molecule has 0 saturated carbocycles. The highest BCUT2D eigenvalue weighted by Crippen LogP contribution is 2.33. The van der Waals surface area contributed by atoms with Gasteiger partial charge in [0.2, 0.25) is 0 Å². The van der Waals surface area contributed by atoms with Crippen LogP contribution in [0.5, 0.6) is 0 Å². The van der Waals surface area contributed by atoms with Gasteiger partial charge in [0.25, 0.3) is 0 Å². The van der Waals surface area contributed by atoms with Crippen molar-refractivity contribution in [2.24, 2.45) is 0 Å². The highest BCUT2D eigenvalue weighted by molar-refractivity contribution is 7.50. The third-order valence-electron chi connectivity index (χ3n) is 4.08. The van der Waals surface area contributed by atoms with Crippen molar-refractivity contribution in [2.45, 2.75) is 6.54 Å². The van der Waals surface area contributed by atoms with Gasteiger partial charge in [-0.3, -0.25) is 4.57 Å². The monoisotopic (exact) mass is 379 g/mol. The van der Waals surface area contributed by atoms with Gasteiger partial charge in [-0.2, -0.15) is 0 Å². The van der Waals surface area contributed by atoms with Crippen molar-refractivity contribution in [1.29, 1.82) is 0 Å². The molecular weight excluding hydrogens is 357 g/mol. The molecule has 0 unspecified atom stereocenters. The Kier molecular flexibility index (Phi) is 5.92. The summed E-state index contributed by atoms with van der Waals surface area (Å²) >= 11 is 0. The quantitative estimate of drug-likeness (QED) is 0.329. The fraction of sp³-hybridized carbons (Fsp3) is 0.0909. The van der Waals surface area contributed by atoms with Crippen molar-refractivity contribution in [3.8, 4) is 0 Å². The minimum atomic E-state index is -3.64. The summed E-state index contributed by atoms with van der Waals surface area (Å²) in [5.41, 5.74) is 2.51. The molecule has 3 N–H and O–H groups in total. The van der Waals surface area contributed by atoms with Gasteiger partial charge >= 0.3 is 7.60 Å². The molecule has 0 aliphatic carbocycles. The van der Waals surface area contributed by atoms with Crippen LogP contribution in [-0.4, -0.2) is 16.5 Å². The largest absolute Gasteiger partial charge is 0.380 e. The standard InChI is InChI=1S/C21H17N.CH5O3P/c1-2-8-16(9-3-1)15-22-21-19-12-6-4-10-17(19)14-18-11-5-7-13-20(18)21;1-5(2,3)4/h1-14,22H,15H2;1H3,(H2,2,3,4). The molecule has 0 saturated heterocycles. The summed E-state index contributed by atoms with van der Waals surface area (Å²) in [4.78, 5) is 15.3. The van der Waals surface area contributed by atoms with Crippen LogP contribution in [0.2, 0.25) is 0 Å². The van der Waals surface area contributed by atoms with Gasteiger partial charge in [-0.1, -0.05) is 78.9 Å². The van der Waals surface area contributed by atoms with Gasteiger partial charge < -0.3 is 15.1 Å². The van der Waals surface area contributed by atoms with Crippen molar-refractivity contribution >= 4 is 34.8 Å². The summed E-state index contributed by atoms with van der Waals surface area (Å²) in [5.74, 6) is 0. The molecule has 138 valence electrons. The van der Waals surface area contributed by atoms with Gasteiger partial charge in [0.15, 0.2) is 0 Å². The molecule has 27 heavy (non-hydrogen) atoms. The first-order valence-electron chi connectivity index (χ1n) is 8.63. The number of rotatable bonds is 3. The van der Waals surface area contributed by atoms with Gasteiger partial charge in [0, 0.05) is 24.0 Å². The van der Waals surface area contributed by atoms with E-state index in [2.05, 4.69) is 90.2 Å². The maximum absolute atomic E-state index is 9.33. The minimum absolute atomic E-state index is 0.832. The maximum atomic E-state index is 9.33. The Morgan fingerprint density at radius 1 is 0.778 bits per heavy atom. The first-order valence-corrected chi connectivity index (χ1v) is 10.7. The molecule has 0 fully saturated rings. The number of hydrogen-bond acceptors (Lipinski definition) is 2. The Morgan fingerprint density at radius 3 is 1.74 bits per heavy atom. The molecule has 4 aromatic carbocycles. The van der Waals surface area contributed by atoms with E-state index in [1.165, 1.54) is 32.8 Å². The molecule has 0 amide bonds. The van der Waals surface area contributed by atoms with Crippen molar-refractivity contribution in [3.05, 3.63) is 90.5 Å². The molecule has 0 radical (unpaired) electrons. The van der Waals surface area contributed by atoms with Crippen LogP contribution in [0.15, 0.2) is 84.9 Å². The van der Waals surface area contributed by atoms with Gasteiger partial charge in [-0.25, -0.2) is 0 Å². The predicted molar refractivity (Wildman–Crippen MR) is 113 cm³/mol. The predicted octanol–water partition coefficient (Wildman–Crippen LogP) is 5.40. The number of anilines is 1. The summed E-state index contributed by atoms with van der Waals surface area (Å²) < 4.78 is 9.33. The highest BCUT2D eigenvalue weighted by atomic mass is 31.2. The average Bonchev–Trinajstić information content (AvgIpc) is 2.64. The normalized spacial score (nSPS) is 11.1. The van der Waals surface area contributed by atoms with Crippen molar-refractivity contribution in [2.75, 3.05) is 12.0 Å². The summed E-state index contributed by atoms with van der Waals surface area (Å²) in [7, 11) is -3.64.